The third kappa shape index (κ3) is 3.34. The predicted molar refractivity (Wildman–Crippen MR) is 83.3 cm³/mol. The molecule has 1 aliphatic carbocycles. The van der Waals surface area contributed by atoms with Crippen LogP contribution in [0, 0.1) is 5.41 Å². The van der Waals surface area contributed by atoms with Crippen LogP contribution in [0.5, 0.6) is 0 Å². The molecular weight excluding hydrogens is 276 g/mol. The van der Waals surface area contributed by atoms with Gasteiger partial charge >= 0.3 is 0 Å². The van der Waals surface area contributed by atoms with E-state index in [1.54, 1.807) is 11.3 Å². The van der Waals surface area contributed by atoms with Gasteiger partial charge in [0, 0.05) is 11.4 Å². The fraction of sp³-hybridized carbons (Fsp3) is 0.571. The van der Waals surface area contributed by atoms with Gasteiger partial charge in [0.15, 0.2) is 0 Å². The number of hydrogen-bond acceptors (Lipinski definition) is 3. The topological polar surface area (TPSA) is 55.1 Å². The van der Waals surface area contributed by atoms with Crippen molar-refractivity contribution < 1.29 is 4.79 Å². The zero-order valence-electron chi connectivity index (χ0n) is 11.0. The minimum Gasteiger partial charge on any atom is -0.392 e. The lowest BCUT2D eigenvalue weighted by molar-refractivity contribution is -0.128. The van der Waals surface area contributed by atoms with E-state index in [9.17, 15) is 4.79 Å². The van der Waals surface area contributed by atoms with Gasteiger partial charge in [-0.05, 0) is 30.7 Å². The van der Waals surface area contributed by atoms with Gasteiger partial charge in [-0.15, -0.1) is 11.3 Å². The number of rotatable bonds is 5. The average Bonchev–Trinajstić information content (AvgIpc) is 2.92. The van der Waals surface area contributed by atoms with Crippen molar-refractivity contribution in [1.29, 1.82) is 0 Å². The van der Waals surface area contributed by atoms with Crippen LogP contribution >= 0.6 is 23.6 Å². The standard InChI is InChI=1S/C14H20N2OS2/c15-12(18)14(7-2-1-3-8-14)13(17)16-9-6-11-5-4-10-19-11/h4-5,10H,1-3,6-9H2,(H2,15,18)(H,16,17). The van der Waals surface area contributed by atoms with E-state index in [0.717, 1.165) is 32.1 Å². The van der Waals surface area contributed by atoms with E-state index in [2.05, 4.69) is 16.8 Å². The lowest BCUT2D eigenvalue weighted by Gasteiger charge is -2.34. The van der Waals surface area contributed by atoms with Gasteiger partial charge in [-0.25, -0.2) is 0 Å². The van der Waals surface area contributed by atoms with E-state index in [1.807, 2.05) is 6.07 Å². The molecule has 0 radical (unpaired) electrons. The lowest BCUT2D eigenvalue weighted by Crippen LogP contribution is -2.50. The molecule has 3 N–H and O–H groups in total. The van der Waals surface area contributed by atoms with Crippen LogP contribution in [-0.2, 0) is 11.2 Å². The normalized spacial score (nSPS) is 17.9. The molecule has 0 atom stereocenters. The SMILES string of the molecule is NC(=S)C1(C(=O)NCCc2cccs2)CCCCC1. The summed E-state index contributed by atoms with van der Waals surface area (Å²) in [4.78, 5) is 14.1. The van der Waals surface area contributed by atoms with Gasteiger partial charge in [0.25, 0.3) is 0 Å². The predicted octanol–water partition coefficient (Wildman–Crippen LogP) is 2.64. The van der Waals surface area contributed by atoms with Crippen LogP contribution < -0.4 is 11.1 Å². The third-order valence-electron chi connectivity index (χ3n) is 3.85. The highest BCUT2D eigenvalue weighted by atomic mass is 32.1. The van der Waals surface area contributed by atoms with Crippen LogP contribution in [0.4, 0.5) is 0 Å². The molecule has 0 unspecified atom stereocenters. The zero-order valence-corrected chi connectivity index (χ0v) is 12.6. The average molecular weight is 296 g/mol. The largest absolute Gasteiger partial charge is 0.392 e. The van der Waals surface area contributed by atoms with Gasteiger partial charge in [0.2, 0.25) is 5.91 Å². The summed E-state index contributed by atoms with van der Waals surface area (Å²) in [6.45, 7) is 0.656. The molecule has 1 aromatic rings. The fourth-order valence-corrected chi connectivity index (χ4v) is 3.67. The van der Waals surface area contributed by atoms with Crippen LogP contribution in [0.1, 0.15) is 37.0 Å². The lowest BCUT2D eigenvalue weighted by atomic mass is 9.73. The van der Waals surface area contributed by atoms with Crippen molar-refractivity contribution in [3.63, 3.8) is 0 Å². The number of carbonyl (C=O) groups excluding carboxylic acids is 1. The van der Waals surface area contributed by atoms with Gasteiger partial charge in [-0.1, -0.05) is 37.5 Å². The second-order valence-electron chi connectivity index (χ2n) is 5.09. The molecule has 1 aromatic heterocycles. The van der Waals surface area contributed by atoms with Gasteiger partial charge in [0.05, 0.1) is 10.4 Å². The highest BCUT2D eigenvalue weighted by molar-refractivity contribution is 7.80. The van der Waals surface area contributed by atoms with Crippen molar-refractivity contribution in [1.82, 2.24) is 5.32 Å². The highest BCUT2D eigenvalue weighted by Crippen LogP contribution is 2.36. The Hall–Kier alpha value is -0.940. The Morgan fingerprint density at radius 2 is 2.16 bits per heavy atom. The fourth-order valence-electron chi connectivity index (χ4n) is 2.66. The minimum atomic E-state index is -0.594. The summed E-state index contributed by atoms with van der Waals surface area (Å²) < 4.78 is 0. The molecule has 0 spiro atoms. The van der Waals surface area contributed by atoms with Crippen LogP contribution in [-0.4, -0.2) is 17.4 Å². The molecule has 19 heavy (non-hydrogen) atoms. The Bertz CT molecular complexity index is 436. The summed E-state index contributed by atoms with van der Waals surface area (Å²) in [6.07, 6.45) is 5.72. The molecule has 0 aliphatic heterocycles. The minimum absolute atomic E-state index is 0.0243. The third-order valence-corrected chi connectivity index (χ3v) is 5.18. The Balaban J connectivity index is 1.91. The first kappa shape index (κ1) is 14.5. The second kappa shape index (κ2) is 6.48. The van der Waals surface area contributed by atoms with Gasteiger partial charge in [-0.2, -0.15) is 0 Å². The van der Waals surface area contributed by atoms with E-state index < -0.39 is 5.41 Å². The Morgan fingerprint density at radius 1 is 1.42 bits per heavy atom. The van der Waals surface area contributed by atoms with Gasteiger partial charge in [0.1, 0.15) is 0 Å². The molecule has 0 bridgehead atoms. The quantitative estimate of drug-likeness (QED) is 0.821. The van der Waals surface area contributed by atoms with Crippen molar-refractivity contribution in [3.8, 4) is 0 Å². The smallest absolute Gasteiger partial charge is 0.233 e. The maximum atomic E-state index is 12.4. The van der Waals surface area contributed by atoms with Crippen molar-refractivity contribution in [3.05, 3.63) is 22.4 Å². The number of thiophene rings is 1. The monoisotopic (exact) mass is 296 g/mol. The molecule has 0 saturated heterocycles. The molecule has 1 aliphatic rings. The molecule has 1 amide bonds. The Kier molecular flexibility index (Phi) is 4.93. The maximum Gasteiger partial charge on any atom is 0.233 e. The number of nitrogens with one attached hydrogen (secondary N) is 1. The van der Waals surface area contributed by atoms with Crippen molar-refractivity contribution in [2.45, 2.75) is 38.5 Å². The molecule has 1 fully saturated rings. The number of nitrogens with two attached hydrogens (primary N) is 1. The second-order valence-corrected chi connectivity index (χ2v) is 6.56. The molecule has 2 rings (SSSR count). The molecule has 1 heterocycles. The summed E-state index contributed by atoms with van der Waals surface area (Å²) in [6, 6.07) is 4.11. The van der Waals surface area contributed by atoms with Crippen LogP contribution in [0.3, 0.4) is 0 Å². The highest BCUT2D eigenvalue weighted by Gasteiger charge is 2.41. The summed E-state index contributed by atoms with van der Waals surface area (Å²) in [5, 5.41) is 5.06. The summed E-state index contributed by atoms with van der Waals surface area (Å²) in [7, 11) is 0. The molecule has 0 aromatic carbocycles. The van der Waals surface area contributed by atoms with Gasteiger partial charge < -0.3 is 11.1 Å². The summed E-state index contributed by atoms with van der Waals surface area (Å²) in [5.74, 6) is 0.0243. The van der Waals surface area contributed by atoms with Crippen molar-refractivity contribution in [2.24, 2.45) is 11.1 Å². The van der Waals surface area contributed by atoms with Crippen LogP contribution in [0.2, 0.25) is 0 Å². The molecule has 5 heteroatoms. The summed E-state index contributed by atoms with van der Waals surface area (Å²) >= 11 is 6.87. The zero-order chi connectivity index (χ0) is 13.7. The van der Waals surface area contributed by atoms with E-state index in [-0.39, 0.29) is 5.91 Å². The molecule has 1 saturated carbocycles. The maximum absolute atomic E-state index is 12.4. The first-order chi connectivity index (χ1) is 9.15. The molecular formula is C14H20N2OS2. The van der Waals surface area contributed by atoms with E-state index in [1.165, 1.54) is 11.3 Å². The van der Waals surface area contributed by atoms with Crippen LogP contribution in [0.25, 0.3) is 0 Å². The molecule has 104 valence electrons. The van der Waals surface area contributed by atoms with E-state index in [4.69, 9.17) is 18.0 Å². The van der Waals surface area contributed by atoms with Crippen molar-refractivity contribution >= 4 is 34.5 Å². The number of carbonyl (C=O) groups is 1. The van der Waals surface area contributed by atoms with Gasteiger partial charge in [-0.3, -0.25) is 4.79 Å². The van der Waals surface area contributed by atoms with Crippen molar-refractivity contribution in [2.75, 3.05) is 6.54 Å². The Morgan fingerprint density at radius 3 is 2.74 bits per heavy atom. The first-order valence-corrected chi connectivity index (χ1v) is 8.04. The van der Waals surface area contributed by atoms with E-state index in [0.29, 0.717) is 11.5 Å². The first-order valence-electron chi connectivity index (χ1n) is 6.76. The molecule has 3 nitrogen and oxygen atoms in total. The van der Waals surface area contributed by atoms with Crippen LogP contribution in [0.15, 0.2) is 17.5 Å². The number of amides is 1. The number of hydrogen-bond donors (Lipinski definition) is 2. The van der Waals surface area contributed by atoms with E-state index >= 15 is 0 Å². The Labute approximate surface area is 123 Å². The number of thiocarbonyl (C=S) groups is 1. The summed E-state index contributed by atoms with van der Waals surface area (Å²) in [5.41, 5.74) is 5.25.